The summed E-state index contributed by atoms with van der Waals surface area (Å²) in [5.41, 5.74) is 5.61. The molecule has 0 aliphatic rings. The van der Waals surface area contributed by atoms with Gasteiger partial charge in [-0.2, -0.15) is 0 Å². The van der Waals surface area contributed by atoms with E-state index in [4.69, 9.17) is 26.5 Å². The van der Waals surface area contributed by atoms with E-state index >= 15 is 0 Å². The number of hydrogen-bond acceptors (Lipinski definition) is 3. The van der Waals surface area contributed by atoms with E-state index in [2.05, 4.69) is 15.9 Å². The highest BCUT2D eigenvalue weighted by Gasteiger charge is 2.17. The smallest absolute Gasteiger partial charge is 0.168 e. The van der Waals surface area contributed by atoms with Crippen LogP contribution in [0.5, 0.6) is 5.75 Å². The molecule has 2 aromatic rings. The molecule has 0 spiro atoms. The van der Waals surface area contributed by atoms with Gasteiger partial charge in [-0.25, -0.2) is 4.39 Å². The molecule has 0 saturated carbocycles. The van der Waals surface area contributed by atoms with Crippen LogP contribution in [0.15, 0.2) is 39.4 Å². The Kier molecular flexibility index (Phi) is 4.27. The maximum Gasteiger partial charge on any atom is 0.168 e. The lowest BCUT2D eigenvalue weighted by molar-refractivity contribution is 0.182. The molecule has 0 bridgehead atoms. The van der Waals surface area contributed by atoms with E-state index in [-0.39, 0.29) is 11.6 Å². The molecule has 18 heavy (non-hydrogen) atoms. The van der Waals surface area contributed by atoms with Gasteiger partial charge in [-0.05, 0) is 34.1 Å². The summed E-state index contributed by atoms with van der Waals surface area (Å²) in [6.07, 6.45) is 1.05. The summed E-state index contributed by atoms with van der Waals surface area (Å²) in [6, 6.07) is 6.12. The van der Waals surface area contributed by atoms with Gasteiger partial charge in [-0.1, -0.05) is 11.6 Å². The van der Waals surface area contributed by atoms with E-state index in [9.17, 15) is 4.39 Å². The Balaban J connectivity index is 2.25. The van der Waals surface area contributed by atoms with Crippen LogP contribution in [0.2, 0.25) is 5.02 Å². The number of ether oxygens (including phenoxy) is 1. The van der Waals surface area contributed by atoms with Crippen LogP contribution in [-0.4, -0.2) is 6.54 Å². The van der Waals surface area contributed by atoms with Gasteiger partial charge in [0.05, 0.1) is 15.8 Å². The van der Waals surface area contributed by atoms with E-state index in [1.807, 2.05) is 0 Å². The minimum absolute atomic E-state index is 0.0246. The molecule has 1 aromatic heterocycles. The minimum Gasteiger partial charge on any atom is -0.480 e. The van der Waals surface area contributed by atoms with Gasteiger partial charge < -0.3 is 14.9 Å². The average Bonchev–Trinajstić information content (AvgIpc) is 2.85. The highest BCUT2D eigenvalue weighted by atomic mass is 79.9. The Morgan fingerprint density at radius 2 is 2.28 bits per heavy atom. The highest BCUT2D eigenvalue weighted by molar-refractivity contribution is 9.10. The van der Waals surface area contributed by atoms with Gasteiger partial charge in [0, 0.05) is 12.6 Å². The first-order valence-corrected chi connectivity index (χ1v) is 6.33. The van der Waals surface area contributed by atoms with Gasteiger partial charge in [0.2, 0.25) is 0 Å². The second-order valence-electron chi connectivity index (χ2n) is 3.55. The van der Waals surface area contributed by atoms with Crippen molar-refractivity contribution in [3.05, 3.63) is 51.6 Å². The Labute approximate surface area is 117 Å². The summed E-state index contributed by atoms with van der Waals surface area (Å²) in [5, 5.41) is 0.0246. The third-order valence-corrected chi connectivity index (χ3v) is 3.23. The molecule has 1 unspecified atom stereocenters. The number of nitrogens with two attached hydrogens (primary N) is 1. The molecule has 3 nitrogen and oxygen atoms in total. The number of halogens is 3. The molecule has 1 heterocycles. The third-order valence-electron chi connectivity index (χ3n) is 2.32. The van der Waals surface area contributed by atoms with Crippen molar-refractivity contribution in [2.45, 2.75) is 6.10 Å². The number of rotatable bonds is 4. The molecule has 0 amide bonds. The van der Waals surface area contributed by atoms with Crippen LogP contribution in [0.1, 0.15) is 11.9 Å². The zero-order valence-corrected chi connectivity index (χ0v) is 11.5. The largest absolute Gasteiger partial charge is 0.480 e. The molecule has 1 aromatic carbocycles. The van der Waals surface area contributed by atoms with E-state index < -0.39 is 11.9 Å². The fourth-order valence-electron chi connectivity index (χ4n) is 1.44. The Hall–Kier alpha value is -1.04. The summed E-state index contributed by atoms with van der Waals surface area (Å²) in [4.78, 5) is 0. The van der Waals surface area contributed by atoms with Crippen LogP contribution in [0.4, 0.5) is 4.39 Å². The predicted molar refractivity (Wildman–Crippen MR) is 70.2 cm³/mol. The van der Waals surface area contributed by atoms with Gasteiger partial charge >= 0.3 is 0 Å². The van der Waals surface area contributed by atoms with Crippen LogP contribution >= 0.6 is 27.5 Å². The van der Waals surface area contributed by atoms with E-state index in [0.29, 0.717) is 16.0 Å². The lowest BCUT2D eigenvalue weighted by atomic mass is 10.2. The van der Waals surface area contributed by atoms with Crippen molar-refractivity contribution in [2.75, 3.05) is 6.54 Å². The van der Waals surface area contributed by atoms with Crippen LogP contribution in [-0.2, 0) is 0 Å². The average molecular weight is 335 g/mol. The SMILES string of the molecule is NCC(Oc1cc(F)c(Cl)cc1Br)c1ccco1. The number of benzene rings is 1. The zero-order valence-electron chi connectivity index (χ0n) is 9.20. The van der Waals surface area contributed by atoms with Crippen LogP contribution in [0.25, 0.3) is 0 Å². The lowest BCUT2D eigenvalue weighted by Crippen LogP contribution is -2.18. The van der Waals surface area contributed by atoms with Crippen LogP contribution in [0.3, 0.4) is 0 Å². The summed E-state index contributed by atoms with van der Waals surface area (Å²) in [7, 11) is 0. The van der Waals surface area contributed by atoms with Crippen molar-refractivity contribution in [3.8, 4) is 5.75 Å². The third kappa shape index (κ3) is 2.85. The van der Waals surface area contributed by atoms with E-state index in [0.717, 1.165) is 0 Å². The Morgan fingerprint density at radius 1 is 1.50 bits per heavy atom. The van der Waals surface area contributed by atoms with Crippen molar-refractivity contribution in [2.24, 2.45) is 5.73 Å². The summed E-state index contributed by atoms with van der Waals surface area (Å²) in [6.45, 7) is 0.212. The van der Waals surface area contributed by atoms with Crippen molar-refractivity contribution >= 4 is 27.5 Å². The van der Waals surface area contributed by atoms with Crippen molar-refractivity contribution in [1.29, 1.82) is 0 Å². The normalized spacial score (nSPS) is 12.4. The summed E-state index contributed by atoms with van der Waals surface area (Å²) >= 11 is 8.91. The van der Waals surface area contributed by atoms with Gasteiger partial charge in [-0.3, -0.25) is 0 Å². The van der Waals surface area contributed by atoms with Crippen molar-refractivity contribution in [3.63, 3.8) is 0 Å². The molecule has 96 valence electrons. The first-order chi connectivity index (χ1) is 8.61. The van der Waals surface area contributed by atoms with Gasteiger partial charge in [-0.15, -0.1) is 0 Å². The molecule has 2 rings (SSSR count). The van der Waals surface area contributed by atoms with Gasteiger partial charge in [0.25, 0.3) is 0 Å². The molecule has 6 heteroatoms. The Bertz CT molecular complexity index is 533. The summed E-state index contributed by atoms with van der Waals surface area (Å²) in [5.74, 6) is 0.355. The number of furan rings is 1. The minimum atomic E-state index is -0.551. The van der Waals surface area contributed by atoms with Crippen molar-refractivity contribution < 1.29 is 13.5 Å². The second-order valence-corrected chi connectivity index (χ2v) is 4.82. The number of hydrogen-bond donors (Lipinski definition) is 1. The molecule has 1 atom stereocenters. The first-order valence-electron chi connectivity index (χ1n) is 5.16. The van der Waals surface area contributed by atoms with Crippen LogP contribution < -0.4 is 10.5 Å². The lowest BCUT2D eigenvalue weighted by Gasteiger charge is -2.16. The second kappa shape index (κ2) is 5.73. The molecule has 0 aliphatic heterocycles. The maximum absolute atomic E-state index is 13.4. The standard InChI is InChI=1S/C12H10BrClFNO2/c13-7-4-8(14)9(15)5-11(7)18-12(6-16)10-2-1-3-17-10/h1-5,12H,6,16H2. The molecule has 0 aliphatic carbocycles. The molecule has 0 saturated heterocycles. The first kappa shape index (κ1) is 13.4. The van der Waals surface area contributed by atoms with Crippen LogP contribution in [0, 0.1) is 5.82 Å². The van der Waals surface area contributed by atoms with Gasteiger partial charge in [0.15, 0.2) is 6.10 Å². The monoisotopic (exact) mass is 333 g/mol. The quantitative estimate of drug-likeness (QED) is 0.862. The zero-order chi connectivity index (χ0) is 13.1. The molecular formula is C12H10BrClFNO2. The topological polar surface area (TPSA) is 48.4 Å². The van der Waals surface area contributed by atoms with Gasteiger partial charge in [0.1, 0.15) is 17.3 Å². The molecule has 2 N–H and O–H groups in total. The maximum atomic E-state index is 13.4. The fraction of sp³-hybridized carbons (Fsp3) is 0.167. The highest BCUT2D eigenvalue weighted by Crippen LogP contribution is 2.33. The Morgan fingerprint density at radius 3 is 2.89 bits per heavy atom. The fourth-order valence-corrected chi connectivity index (χ4v) is 2.18. The van der Waals surface area contributed by atoms with Crippen molar-refractivity contribution in [1.82, 2.24) is 0 Å². The predicted octanol–water partition coefficient (Wildman–Crippen LogP) is 3.91. The molecule has 0 fully saturated rings. The summed E-state index contributed by atoms with van der Waals surface area (Å²) < 4.78 is 24.7. The molecular weight excluding hydrogens is 324 g/mol. The van der Waals surface area contributed by atoms with E-state index in [1.54, 1.807) is 12.1 Å². The van der Waals surface area contributed by atoms with E-state index in [1.165, 1.54) is 18.4 Å². The molecule has 0 radical (unpaired) electrons.